The Hall–Kier alpha value is -0.120. The number of methoxy groups -OCH3 is 1. The van der Waals surface area contributed by atoms with Gasteiger partial charge in [-0.3, -0.25) is 4.90 Å². The lowest BCUT2D eigenvalue weighted by atomic mass is 9.90. The van der Waals surface area contributed by atoms with E-state index in [0.717, 1.165) is 19.1 Å². The van der Waals surface area contributed by atoms with Crippen molar-refractivity contribution in [1.29, 1.82) is 0 Å². The molecular formula is C12H24N2O. The Labute approximate surface area is 93.2 Å². The van der Waals surface area contributed by atoms with Crippen LogP contribution in [0.1, 0.15) is 32.6 Å². The largest absolute Gasteiger partial charge is 0.381 e. The number of piperazine rings is 1. The lowest BCUT2D eigenvalue weighted by Gasteiger charge is -2.43. The summed E-state index contributed by atoms with van der Waals surface area (Å²) in [5, 5.41) is 3.46. The molecule has 1 aliphatic heterocycles. The van der Waals surface area contributed by atoms with Crippen molar-refractivity contribution in [2.24, 2.45) is 0 Å². The first-order valence-corrected chi connectivity index (χ1v) is 6.30. The van der Waals surface area contributed by atoms with Gasteiger partial charge in [0.15, 0.2) is 0 Å². The van der Waals surface area contributed by atoms with Crippen molar-refractivity contribution in [2.45, 2.75) is 50.8 Å². The van der Waals surface area contributed by atoms with Gasteiger partial charge >= 0.3 is 0 Å². The third-order valence-corrected chi connectivity index (χ3v) is 3.95. The molecule has 3 nitrogen and oxygen atoms in total. The highest BCUT2D eigenvalue weighted by molar-refractivity contribution is 4.86. The van der Waals surface area contributed by atoms with Crippen molar-refractivity contribution in [2.75, 3.05) is 26.7 Å². The highest BCUT2D eigenvalue weighted by atomic mass is 16.5. The molecular weight excluding hydrogens is 188 g/mol. The third kappa shape index (κ3) is 2.71. The first kappa shape index (κ1) is 11.4. The van der Waals surface area contributed by atoms with E-state index in [0.29, 0.717) is 12.1 Å². The predicted molar refractivity (Wildman–Crippen MR) is 62.1 cm³/mol. The van der Waals surface area contributed by atoms with Gasteiger partial charge in [0.1, 0.15) is 0 Å². The fourth-order valence-corrected chi connectivity index (χ4v) is 3.03. The SMILES string of the molecule is COC1CCCC(N2CCNCC2C)C1. The highest BCUT2D eigenvalue weighted by Gasteiger charge is 2.30. The second-order valence-corrected chi connectivity index (χ2v) is 4.97. The number of ether oxygens (including phenoxy) is 1. The van der Waals surface area contributed by atoms with E-state index in [1.54, 1.807) is 0 Å². The Bertz CT molecular complexity index is 198. The van der Waals surface area contributed by atoms with Crippen LogP contribution in [0.4, 0.5) is 0 Å². The number of nitrogens with zero attached hydrogens (tertiary/aromatic N) is 1. The van der Waals surface area contributed by atoms with Crippen molar-refractivity contribution in [3.8, 4) is 0 Å². The summed E-state index contributed by atoms with van der Waals surface area (Å²) >= 11 is 0. The van der Waals surface area contributed by atoms with Gasteiger partial charge in [0.2, 0.25) is 0 Å². The third-order valence-electron chi connectivity index (χ3n) is 3.95. The van der Waals surface area contributed by atoms with E-state index < -0.39 is 0 Å². The standard InChI is InChI=1S/C12H24N2O/c1-10-9-13-6-7-14(10)11-4-3-5-12(8-11)15-2/h10-13H,3-9H2,1-2H3. The molecule has 3 unspecified atom stereocenters. The number of rotatable bonds is 2. The Kier molecular flexibility index (Phi) is 4.00. The molecule has 0 aromatic carbocycles. The molecule has 2 aliphatic rings. The van der Waals surface area contributed by atoms with Crippen LogP contribution < -0.4 is 5.32 Å². The minimum atomic E-state index is 0.505. The zero-order valence-electron chi connectivity index (χ0n) is 10.0. The van der Waals surface area contributed by atoms with Gasteiger partial charge in [0.25, 0.3) is 0 Å². The molecule has 88 valence electrons. The average molecular weight is 212 g/mol. The Morgan fingerprint density at radius 1 is 1.33 bits per heavy atom. The van der Waals surface area contributed by atoms with Crippen molar-refractivity contribution in [3.05, 3.63) is 0 Å². The Balaban J connectivity index is 1.90. The van der Waals surface area contributed by atoms with Gasteiger partial charge in [-0.15, -0.1) is 0 Å². The molecule has 0 aromatic rings. The Morgan fingerprint density at radius 3 is 2.93 bits per heavy atom. The van der Waals surface area contributed by atoms with E-state index in [9.17, 15) is 0 Å². The zero-order valence-corrected chi connectivity index (χ0v) is 10.0. The maximum atomic E-state index is 5.51. The first-order chi connectivity index (χ1) is 7.31. The van der Waals surface area contributed by atoms with Crippen molar-refractivity contribution in [1.82, 2.24) is 10.2 Å². The lowest BCUT2D eigenvalue weighted by molar-refractivity contribution is 0.0108. The van der Waals surface area contributed by atoms with Crippen LogP contribution in [0.2, 0.25) is 0 Å². The van der Waals surface area contributed by atoms with E-state index in [4.69, 9.17) is 4.74 Å². The molecule has 0 spiro atoms. The van der Waals surface area contributed by atoms with Gasteiger partial charge in [-0.1, -0.05) is 0 Å². The predicted octanol–water partition coefficient (Wildman–Crippen LogP) is 1.24. The summed E-state index contributed by atoms with van der Waals surface area (Å²) in [6.07, 6.45) is 5.70. The second-order valence-electron chi connectivity index (χ2n) is 4.97. The number of hydrogen-bond acceptors (Lipinski definition) is 3. The first-order valence-electron chi connectivity index (χ1n) is 6.30. The number of hydrogen-bond donors (Lipinski definition) is 1. The summed E-state index contributed by atoms with van der Waals surface area (Å²) in [6, 6.07) is 1.46. The lowest BCUT2D eigenvalue weighted by Crippen LogP contribution is -2.55. The van der Waals surface area contributed by atoms with Crippen LogP contribution in [0.5, 0.6) is 0 Å². The monoisotopic (exact) mass is 212 g/mol. The van der Waals surface area contributed by atoms with E-state index in [-0.39, 0.29) is 0 Å². The van der Waals surface area contributed by atoms with Crippen LogP contribution in [0.15, 0.2) is 0 Å². The van der Waals surface area contributed by atoms with Crippen LogP contribution in [0.3, 0.4) is 0 Å². The topological polar surface area (TPSA) is 24.5 Å². The highest BCUT2D eigenvalue weighted by Crippen LogP contribution is 2.26. The summed E-state index contributed by atoms with van der Waals surface area (Å²) in [5.41, 5.74) is 0. The normalized spacial score (nSPS) is 39.2. The van der Waals surface area contributed by atoms with Crippen LogP contribution in [0, 0.1) is 0 Å². The molecule has 2 rings (SSSR count). The maximum absolute atomic E-state index is 5.51. The Morgan fingerprint density at radius 2 is 2.20 bits per heavy atom. The van der Waals surface area contributed by atoms with Crippen LogP contribution >= 0.6 is 0 Å². The molecule has 15 heavy (non-hydrogen) atoms. The van der Waals surface area contributed by atoms with E-state index in [1.807, 2.05) is 7.11 Å². The van der Waals surface area contributed by atoms with E-state index in [1.165, 1.54) is 32.2 Å². The molecule has 2 fully saturated rings. The summed E-state index contributed by atoms with van der Waals surface area (Å²) in [7, 11) is 1.86. The van der Waals surface area contributed by atoms with Gasteiger partial charge in [0.05, 0.1) is 6.10 Å². The van der Waals surface area contributed by atoms with Crippen LogP contribution in [0.25, 0.3) is 0 Å². The molecule has 1 N–H and O–H groups in total. The molecule has 0 amide bonds. The molecule has 3 heteroatoms. The molecule has 1 heterocycles. The molecule has 0 bridgehead atoms. The molecule has 1 aliphatic carbocycles. The summed E-state index contributed by atoms with van der Waals surface area (Å²) < 4.78 is 5.51. The van der Waals surface area contributed by atoms with Gasteiger partial charge in [-0.25, -0.2) is 0 Å². The fourth-order valence-electron chi connectivity index (χ4n) is 3.03. The molecule has 0 radical (unpaired) electrons. The summed E-state index contributed by atoms with van der Waals surface area (Å²) in [6.45, 7) is 5.84. The summed E-state index contributed by atoms with van der Waals surface area (Å²) in [5.74, 6) is 0. The average Bonchev–Trinajstić information content (AvgIpc) is 2.30. The van der Waals surface area contributed by atoms with Gasteiger partial charge in [-0.2, -0.15) is 0 Å². The second kappa shape index (κ2) is 5.28. The minimum absolute atomic E-state index is 0.505. The van der Waals surface area contributed by atoms with Gasteiger partial charge in [-0.05, 0) is 32.6 Å². The molecule has 1 saturated heterocycles. The zero-order chi connectivity index (χ0) is 10.7. The molecule has 1 saturated carbocycles. The van der Waals surface area contributed by atoms with Crippen LogP contribution in [-0.4, -0.2) is 49.8 Å². The smallest absolute Gasteiger partial charge is 0.0586 e. The van der Waals surface area contributed by atoms with Crippen LogP contribution in [-0.2, 0) is 4.74 Å². The van der Waals surface area contributed by atoms with E-state index in [2.05, 4.69) is 17.1 Å². The molecule has 0 aromatic heterocycles. The van der Waals surface area contributed by atoms with E-state index >= 15 is 0 Å². The number of nitrogens with one attached hydrogen (secondary N) is 1. The van der Waals surface area contributed by atoms with Gasteiger partial charge in [0, 0.05) is 38.8 Å². The van der Waals surface area contributed by atoms with Crippen molar-refractivity contribution < 1.29 is 4.74 Å². The fraction of sp³-hybridized carbons (Fsp3) is 1.00. The molecule has 3 atom stereocenters. The van der Waals surface area contributed by atoms with Crippen molar-refractivity contribution in [3.63, 3.8) is 0 Å². The summed E-state index contributed by atoms with van der Waals surface area (Å²) in [4.78, 5) is 2.68. The quantitative estimate of drug-likeness (QED) is 0.745. The maximum Gasteiger partial charge on any atom is 0.0586 e. The van der Waals surface area contributed by atoms with Gasteiger partial charge < -0.3 is 10.1 Å². The van der Waals surface area contributed by atoms with Crippen molar-refractivity contribution >= 4 is 0 Å². The minimum Gasteiger partial charge on any atom is -0.381 e.